The van der Waals surface area contributed by atoms with Crippen molar-refractivity contribution in [1.29, 1.82) is 0 Å². The van der Waals surface area contributed by atoms with Crippen LogP contribution in [0, 0.1) is 0 Å². The van der Waals surface area contributed by atoms with Gasteiger partial charge in [-0.25, -0.2) is 8.42 Å². The van der Waals surface area contributed by atoms with Gasteiger partial charge in [0.15, 0.2) is 9.84 Å². The van der Waals surface area contributed by atoms with Crippen LogP contribution >= 0.6 is 12.4 Å². The van der Waals surface area contributed by atoms with Gasteiger partial charge in [0.1, 0.15) is 4.90 Å². The average molecular weight is 446 g/mol. The summed E-state index contributed by atoms with van der Waals surface area (Å²) in [7, 11) is -1.62. The first-order valence-electron chi connectivity index (χ1n) is 10.0. The van der Waals surface area contributed by atoms with Crippen LogP contribution in [0.15, 0.2) is 65.8 Å². The van der Waals surface area contributed by atoms with Gasteiger partial charge in [-0.3, -0.25) is 4.68 Å². The summed E-state index contributed by atoms with van der Waals surface area (Å²) in [4.78, 5) is 0.280. The molecule has 3 aromatic rings. The molecule has 0 amide bonds. The van der Waals surface area contributed by atoms with Crippen molar-refractivity contribution < 1.29 is 8.42 Å². The van der Waals surface area contributed by atoms with E-state index in [0.717, 1.165) is 24.8 Å². The monoisotopic (exact) mass is 445 g/mol. The Morgan fingerprint density at radius 2 is 1.90 bits per heavy atom. The summed E-state index contributed by atoms with van der Waals surface area (Å²) < 4.78 is 26.7. The number of aryl methyl sites for hydroxylation is 3. The lowest BCUT2D eigenvalue weighted by Crippen LogP contribution is -2.34. The van der Waals surface area contributed by atoms with E-state index < -0.39 is 9.84 Å². The number of hydrogen-bond donors (Lipinski definition) is 1. The van der Waals surface area contributed by atoms with Crippen molar-refractivity contribution >= 4 is 22.2 Å². The van der Waals surface area contributed by atoms with E-state index in [2.05, 4.69) is 47.6 Å². The van der Waals surface area contributed by atoms with Crippen LogP contribution in [0.25, 0.3) is 0 Å². The molecule has 7 heteroatoms. The van der Waals surface area contributed by atoms with E-state index in [4.69, 9.17) is 5.73 Å². The van der Waals surface area contributed by atoms with Crippen LogP contribution in [-0.4, -0.2) is 30.0 Å². The van der Waals surface area contributed by atoms with Crippen LogP contribution in [0.2, 0.25) is 0 Å². The highest BCUT2D eigenvalue weighted by Crippen LogP contribution is 2.34. The maximum atomic E-state index is 12.6. The lowest BCUT2D eigenvalue weighted by atomic mass is 9.76. The Hall–Kier alpha value is -2.15. The molecule has 0 saturated carbocycles. The van der Waals surface area contributed by atoms with Crippen LogP contribution in [0.3, 0.4) is 0 Å². The molecule has 1 aliphatic rings. The Morgan fingerprint density at radius 1 is 1.13 bits per heavy atom. The fourth-order valence-electron chi connectivity index (χ4n) is 4.19. The second kappa shape index (κ2) is 9.33. The van der Waals surface area contributed by atoms with Gasteiger partial charge < -0.3 is 5.73 Å². The van der Waals surface area contributed by atoms with E-state index in [0.29, 0.717) is 6.42 Å². The minimum Gasteiger partial charge on any atom is -0.327 e. The van der Waals surface area contributed by atoms with Crippen LogP contribution < -0.4 is 5.73 Å². The number of aromatic nitrogens is 2. The highest BCUT2D eigenvalue weighted by Gasteiger charge is 2.27. The predicted molar refractivity (Wildman–Crippen MR) is 122 cm³/mol. The van der Waals surface area contributed by atoms with Crippen LogP contribution in [0.1, 0.15) is 34.6 Å². The summed E-state index contributed by atoms with van der Waals surface area (Å²) in [6.07, 6.45) is 6.33. The Kier molecular flexibility index (Phi) is 7.01. The van der Waals surface area contributed by atoms with Crippen LogP contribution in [0.5, 0.6) is 0 Å². The molecule has 0 saturated heterocycles. The molecular formula is C23H28ClN3O2S. The molecule has 160 valence electrons. The zero-order valence-corrected chi connectivity index (χ0v) is 18.7. The highest BCUT2D eigenvalue weighted by atomic mass is 35.5. The Morgan fingerprint density at radius 3 is 2.60 bits per heavy atom. The molecule has 1 aromatic heterocycles. The summed E-state index contributed by atoms with van der Waals surface area (Å²) in [5.41, 5.74) is 11.5. The van der Waals surface area contributed by atoms with Gasteiger partial charge in [0, 0.05) is 25.2 Å². The maximum Gasteiger partial charge on any atom is 0.181 e. The molecule has 0 spiro atoms. The number of halogens is 1. The molecule has 1 aliphatic carbocycles. The van der Waals surface area contributed by atoms with Crippen molar-refractivity contribution in [3.05, 3.63) is 83.2 Å². The van der Waals surface area contributed by atoms with Gasteiger partial charge in [0.25, 0.3) is 0 Å². The van der Waals surface area contributed by atoms with Crippen LogP contribution in [-0.2, 0) is 36.1 Å². The van der Waals surface area contributed by atoms with E-state index in [1.54, 1.807) is 13.2 Å². The number of rotatable bonds is 6. The fraction of sp³-hybridized carbons (Fsp3) is 0.348. The molecule has 2 aromatic carbocycles. The first-order chi connectivity index (χ1) is 13.9. The first-order valence-corrected chi connectivity index (χ1v) is 11.7. The predicted octanol–water partition coefficient (Wildman–Crippen LogP) is 3.46. The van der Waals surface area contributed by atoms with Gasteiger partial charge in [0.05, 0.1) is 11.9 Å². The lowest BCUT2D eigenvalue weighted by Gasteiger charge is -2.32. The zero-order chi connectivity index (χ0) is 20.4. The third kappa shape index (κ3) is 4.94. The molecule has 30 heavy (non-hydrogen) atoms. The first kappa shape index (κ1) is 22.5. The summed E-state index contributed by atoms with van der Waals surface area (Å²) in [6.45, 7) is 0. The minimum absolute atomic E-state index is 0. The highest BCUT2D eigenvalue weighted by molar-refractivity contribution is 7.91. The number of nitrogens with zero attached hydrogens (tertiary/aromatic N) is 2. The third-order valence-corrected chi connectivity index (χ3v) is 7.54. The summed E-state index contributed by atoms with van der Waals surface area (Å²) in [5.74, 6) is 0.336. The van der Waals surface area contributed by atoms with Gasteiger partial charge in [-0.2, -0.15) is 5.10 Å². The smallest absolute Gasteiger partial charge is 0.181 e. The van der Waals surface area contributed by atoms with E-state index >= 15 is 0 Å². The molecule has 0 aliphatic heterocycles. The van der Waals surface area contributed by atoms with Gasteiger partial charge in [-0.05, 0) is 47.9 Å². The number of benzene rings is 2. The number of sulfone groups is 1. The van der Waals surface area contributed by atoms with Crippen molar-refractivity contribution in [2.24, 2.45) is 12.8 Å². The standard InChI is InChI=1S/C23H27N3O2S.ClH/c1-26-16-20(15-25-26)29(27,28)12-11-18-7-8-19-9-10-23(24)22(21(19)13-18)14-17-5-3-2-4-6-17;/h2-8,13,15-16,22-23H,9-12,14,24H2,1H3;1H. The SMILES string of the molecule is Cl.Cn1cc(S(=O)(=O)CCc2ccc3c(c2)C(Cc2ccccc2)C(N)CC3)cn1. The Balaban J connectivity index is 0.00000256. The largest absolute Gasteiger partial charge is 0.327 e. The normalized spacial score (nSPS) is 18.5. The summed E-state index contributed by atoms with van der Waals surface area (Å²) in [5, 5.41) is 3.98. The van der Waals surface area contributed by atoms with Crippen molar-refractivity contribution in [2.45, 2.75) is 42.5 Å². The quantitative estimate of drug-likeness (QED) is 0.630. The van der Waals surface area contributed by atoms with Crippen molar-refractivity contribution in [3.8, 4) is 0 Å². The van der Waals surface area contributed by atoms with Gasteiger partial charge in [-0.15, -0.1) is 12.4 Å². The fourth-order valence-corrected chi connectivity index (χ4v) is 5.45. The molecule has 1 heterocycles. The van der Waals surface area contributed by atoms with E-state index in [1.807, 2.05) is 6.07 Å². The second-order valence-electron chi connectivity index (χ2n) is 7.95. The summed E-state index contributed by atoms with van der Waals surface area (Å²) >= 11 is 0. The molecule has 2 atom stereocenters. The third-order valence-electron chi connectivity index (χ3n) is 5.87. The van der Waals surface area contributed by atoms with E-state index in [1.165, 1.54) is 27.6 Å². The summed E-state index contributed by atoms with van der Waals surface area (Å²) in [6, 6.07) is 17.0. The number of hydrogen-bond acceptors (Lipinski definition) is 4. The number of fused-ring (bicyclic) bond motifs is 1. The van der Waals surface area contributed by atoms with Crippen LogP contribution in [0.4, 0.5) is 0 Å². The molecule has 4 rings (SSSR count). The van der Waals surface area contributed by atoms with Crippen molar-refractivity contribution in [2.75, 3.05) is 5.75 Å². The van der Waals surface area contributed by atoms with E-state index in [9.17, 15) is 8.42 Å². The molecule has 2 unspecified atom stereocenters. The molecule has 0 radical (unpaired) electrons. The van der Waals surface area contributed by atoms with Crippen molar-refractivity contribution in [1.82, 2.24) is 9.78 Å². The minimum atomic E-state index is -3.34. The molecule has 2 N–H and O–H groups in total. The topological polar surface area (TPSA) is 78.0 Å². The van der Waals surface area contributed by atoms with Gasteiger partial charge in [-0.1, -0.05) is 48.5 Å². The van der Waals surface area contributed by atoms with Gasteiger partial charge >= 0.3 is 0 Å². The molecule has 0 bridgehead atoms. The van der Waals surface area contributed by atoms with Gasteiger partial charge in [0.2, 0.25) is 0 Å². The average Bonchev–Trinajstić information content (AvgIpc) is 3.17. The second-order valence-corrected chi connectivity index (χ2v) is 10.1. The Bertz CT molecular complexity index is 1100. The van der Waals surface area contributed by atoms with Crippen molar-refractivity contribution in [3.63, 3.8) is 0 Å². The molecule has 0 fully saturated rings. The Labute approximate surface area is 184 Å². The zero-order valence-electron chi connectivity index (χ0n) is 17.1. The van der Waals surface area contributed by atoms with E-state index in [-0.39, 0.29) is 35.0 Å². The molecule has 5 nitrogen and oxygen atoms in total. The maximum absolute atomic E-state index is 12.6. The number of nitrogens with two attached hydrogens (primary N) is 1. The molecular weight excluding hydrogens is 418 g/mol. The lowest BCUT2D eigenvalue weighted by molar-refractivity contribution is 0.467.